The maximum absolute atomic E-state index is 6.54. The lowest BCUT2D eigenvalue weighted by Crippen LogP contribution is -2.17. The molecule has 0 spiro atoms. The van der Waals surface area contributed by atoms with Gasteiger partial charge in [0.05, 0.1) is 16.2 Å². The second-order valence-electron chi connectivity index (χ2n) is 9.60. The molecular formula is C25H30ClN3S. The number of hydrogen-bond acceptors (Lipinski definition) is 2. The summed E-state index contributed by atoms with van der Waals surface area (Å²) >= 11 is 11.6. The predicted octanol–water partition coefficient (Wildman–Crippen LogP) is 6.90. The monoisotopic (exact) mass is 439 g/mol. The first-order valence-corrected chi connectivity index (χ1v) is 11.2. The highest BCUT2D eigenvalue weighted by molar-refractivity contribution is 7.81. The van der Waals surface area contributed by atoms with Crippen LogP contribution in [0.25, 0.3) is 21.8 Å². The van der Waals surface area contributed by atoms with Crippen molar-refractivity contribution in [2.45, 2.75) is 50.8 Å². The first kappa shape index (κ1) is 21.2. The molecule has 30 heavy (non-hydrogen) atoms. The molecule has 2 aromatic carbocycles. The Morgan fingerprint density at radius 1 is 0.933 bits per heavy atom. The van der Waals surface area contributed by atoms with Crippen LogP contribution >= 0.6 is 24.2 Å². The molecule has 0 saturated carbocycles. The average Bonchev–Trinajstić information content (AvgIpc) is 3.15. The van der Waals surface area contributed by atoms with Crippen LogP contribution in [0.1, 0.15) is 45.2 Å². The van der Waals surface area contributed by atoms with Gasteiger partial charge >= 0.3 is 0 Å². The van der Waals surface area contributed by atoms with Crippen molar-refractivity contribution in [3.63, 3.8) is 0 Å². The zero-order valence-corrected chi connectivity index (χ0v) is 20.0. The van der Waals surface area contributed by atoms with Crippen molar-refractivity contribution in [1.29, 1.82) is 0 Å². The molecule has 5 heteroatoms. The lowest BCUT2D eigenvalue weighted by molar-refractivity contribution is 0.552. The smallest absolute Gasteiger partial charge is 0.0661 e. The average molecular weight is 440 g/mol. The molecule has 2 heterocycles. The summed E-state index contributed by atoms with van der Waals surface area (Å²) < 4.78 is 4.06. The maximum atomic E-state index is 6.54. The van der Waals surface area contributed by atoms with Gasteiger partial charge in [0.1, 0.15) is 0 Å². The number of benzene rings is 2. The van der Waals surface area contributed by atoms with Crippen LogP contribution in [-0.2, 0) is 23.8 Å². The van der Waals surface area contributed by atoms with Gasteiger partial charge in [0.2, 0.25) is 0 Å². The SMILES string of the molecule is Cn1cc(N)c2ccc(C(C)(S)CCn3cc(Cl)c4ccc(C(C)(C)C)cc43)cc21. The summed E-state index contributed by atoms with van der Waals surface area (Å²) in [5.74, 6) is 0. The number of aryl methyl sites for hydroxylation is 2. The van der Waals surface area contributed by atoms with Gasteiger partial charge in [-0.1, -0.05) is 56.6 Å². The van der Waals surface area contributed by atoms with Gasteiger partial charge in [-0.05, 0) is 42.0 Å². The molecule has 0 radical (unpaired) electrons. The van der Waals surface area contributed by atoms with Gasteiger partial charge in [0.15, 0.2) is 0 Å². The van der Waals surface area contributed by atoms with E-state index in [1.807, 2.05) is 19.4 Å². The van der Waals surface area contributed by atoms with Crippen LogP contribution in [0, 0.1) is 0 Å². The van der Waals surface area contributed by atoms with E-state index in [0.717, 1.165) is 40.0 Å². The van der Waals surface area contributed by atoms with E-state index in [-0.39, 0.29) is 10.2 Å². The number of nitrogen functional groups attached to an aromatic ring is 1. The number of nitrogens with two attached hydrogens (primary N) is 1. The second-order valence-corrected chi connectivity index (χ2v) is 11.0. The lowest BCUT2D eigenvalue weighted by atomic mass is 9.87. The number of nitrogens with zero attached hydrogens (tertiary/aromatic N) is 2. The molecule has 0 amide bonds. The molecule has 1 unspecified atom stereocenters. The number of thiol groups is 1. The molecule has 1 atom stereocenters. The molecule has 0 bridgehead atoms. The van der Waals surface area contributed by atoms with Crippen molar-refractivity contribution in [3.05, 3.63) is 64.9 Å². The van der Waals surface area contributed by atoms with Crippen molar-refractivity contribution < 1.29 is 0 Å². The molecular weight excluding hydrogens is 410 g/mol. The highest BCUT2D eigenvalue weighted by Gasteiger charge is 2.24. The molecule has 0 saturated heterocycles. The fourth-order valence-corrected chi connectivity index (χ4v) is 4.65. The molecule has 0 aliphatic heterocycles. The highest BCUT2D eigenvalue weighted by atomic mass is 35.5. The van der Waals surface area contributed by atoms with Crippen molar-refractivity contribution >= 4 is 51.7 Å². The Hall–Kier alpha value is -2.04. The van der Waals surface area contributed by atoms with Crippen LogP contribution in [0.2, 0.25) is 5.02 Å². The van der Waals surface area contributed by atoms with E-state index in [0.29, 0.717) is 0 Å². The minimum atomic E-state index is -0.280. The standard InChI is InChI=1S/C25H30ClN3S/c1-24(2,3)16-6-8-18-20(26)14-29(23(18)12-16)11-10-25(4,30)17-7-9-19-21(27)15-28(5)22(19)13-17/h6-9,12-15,30H,10-11,27H2,1-5H3. The van der Waals surface area contributed by atoms with E-state index >= 15 is 0 Å². The van der Waals surface area contributed by atoms with Crippen molar-refractivity contribution in [3.8, 4) is 0 Å². The van der Waals surface area contributed by atoms with Gasteiger partial charge in [-0.15, -0.1) is 0 Å². The summed E-state index contributed by atoms with van der Waals surface area (Å²) in [6.07, 6.45) is 4.88. The Morgan fingerprint density at radius 2 is 1.57 bits per heavy atom. The van der Waals surface area contributed by atoms with Crippen LogP contribution in [0.5, 0.6) is 0 Å². The Kier molecular flexibility index (Phi) is 5.14. The number of aromatic nitrogens is 2. The normalized spacial score (nSPS) is 14.5. The largest absolute Gasteiger partial charge is 0.397 e. The molecule has 2 aromatic heterocycles. The Balaban J connectivity index is 1.65. The van der Waals surface area contributed by atoms with Gasteiger partial charge in [-0.3, -0.25) is 0 Å². The van der Waals surface area contributed by atoms with E-state index in [1.54, 1.807) is 0 Å². The summed E-state index contributed by atoms with van der Waals surface area (Å²) in [5, 5.41) is 2.99. The Morgan fingerprint density at radius 3 is 2.27 bits per heavy atom. The first-order valence-electron chi connectivity index (χ1n) is 10.3. The molecule has 0 fully saturated rings. The molecule has 3 nitrogen and oxygen atoms in total. The van der Waals surface area contributed by atoms with Gasteiger partial charge < -0.3 is 14.9 Å². The van der Waals surface area contributed by atoms with E-state index in [2.05, 4.69) is 73.2 Å². The third-order valence-corrected chi connectivity index (χ3v) is 6.97. The quantitative estimate of drug-likeness (QED) is 0.333. The van der Waals surface area contributed by atoms with E-state index < -0.39 is 0 Å². The molecule has 4 rings (SSSR count). The van der Waals surface area contributed by atoms with E-state index in [4.69, 9.17) is 30.0 Å². The summed E-state index contributed by atoms with van der Waals surface area (Å²) in [6.45, 7) is 9.72. The number of fused-ring (bicyclic) bond motifs is 2. The fourth-order valence-electron chi connectivity index (χ4n) is 4.13. The Bertz CT molecular complexity index is 1240. The zero-order valence-electron chi connectivity index (χ0n) is 18.3. The van der Waals surface area contributed by atoms with E-state index in [9.17, 15) is 0 Å². The van der Waals surface area contributed by atoms with Crippen LogP contribution in [0.3, 0.4) is 0 Å². The topological polar surface area (TPSA) is 35.9 Å². The molecule has 2 N–H and O–H groups in total. The minimum absolute atomic E-state index is 0.0974. The number of rotatable bonds is 4. The van der Waals surface area contributed by atoms with Crippen LogP contribution < -0.4 is 5.73 Å². The predicted molar refractivity (Wildman–Crippen MR) is 134 cm³/mol. The third-order valence-electron chi connectivity index (χ3n) is 6.18. The summed E-state index contributed by atoms with van der Waals surface area (Å²) in [6, 6.07) is 13.0. The van der Waals surface area contributed by atoms with Crippen LogP contribution in [0.15, 0.2) is 48.8 Å². The van der Waals surface area contributed by atoms with Gasteiger partial charge in [-0.25, -0.2) is 0 Å². The van der Waals surface area contributed by atoms with Crippen LogP contribution in [-0.4, -0.2) is 9.13 Å². The number of anilines is 1. The minimum Gasteiger partial charge on any atom is -0.397 e. The number of hydrogen-bond donors (Lipinski definition) is 2. The number of halogens is 1. The summed E-state index contributed by atoms with van der Waals surface area (Å²) in [7, 11) is 2.03. The van der Waals surface area contributed by atoms with Crippen LogP contribution in [0.4, 0.5) is 5.69 Å². The van der Waals surface area contributed by atoms with Gasteiger partial charge in [0.25, 0.3) is 0 Å². The van der Waals surface area contributed by atoms with E-state index in [1.165, 1.54) is 16.6 Å². The molecule has 158 valence electrons. The summed E-state index contributed by atoms with van der Waals surface area (Å²) in [5.41, 5.74) is 11.8. The molecule has 0 aliphatic rings. The fraction of sp³-hybridized carbons (Fsp3) is 0.360. The maximum Gasteiger partial charge on any atom is 0.0661 e. The first-order chi connectivity index (χ1) is 14.0. The van der Waals surface area contributed by atoms with Crippen molar-refractivity contribution in [2.24, 2.45) is 7.05 Å². The Labute approximate surface area is 189 Å². The van der Waals surface area contributed by atoms with Gasteiger partial charge in [0, 0.05) is 47.0 Å². The molecule has 0 aliphatic carbocycles. The zero-order chi connectivity index (χ0) is 21.8. The van der Waals surface area contributed by atoms with Crippen molar-refractivity contribution in [2.75, 3.05) is 5.73 Å². The second kappa shape index (κ2) is 7.28. The van der Waals surface area contributed by atoms with Gasteiger partial charge in [-0.2, -0.15) is 12.6 Å². The highest BCUT2D eigenvalue weighted by Crippen LogP contribution is 2.37. The third kappa shape index (κ3) is 3.72. The molecule has 4 aromatic rings. The van der Waals surface area contributed by atoms with Crippen molar-refractivity contribution in [1.82, 2.24) is 9.13 Å². The summed E-state index contributed by atoms with van der Waals surface area (Å²) in [4.78, 5) is 0. The lowest BCUT2D eigenvalue weighted by Gasteiger charge is -2.25.